The molecule has 31 heavy (non-hydrogen) atoms. The normalized spacial score (nSPS) is 14.2. The van der Waals surface area contributed by atoms with Crippen LogP contribution < -0.4 is 5.32 Å². The van der Waals surface area contributed by atoms with Crippen molar-refractivity contribution < 1.29 is 27.8 Å². The second-order valence-electron chi connectivity index (χ2n) is 7.53. The molecule has 0 saturated heterocycles. The number of ether oxygens (including phenoxy) is 1. The van der Waals surface area contributed by atoms with Crippen molar-refractivity contribution in [1.29, 1.82) is 0 Å². The second kappa shape index (κ2) is 11.1. The summed E-state index contributed by atoms with van der Waals surface area (Å²) in [6, 6.07) is 12.7. The predicted molar refractivity (Wildman–Crippen MR) is 114 cm³/mol. The van der Waals surface area contributed by atoms with Crippen molar-refractivity contribution in [3.8, 4) is 0 Å². The van der Waals surface area contributed by atoms with Crippen LogP contribution in [0.15, 0.2) is 54.6 Å². The van der Waals surface area contributed by atoms with E-state index in [-0.39, 0.29) is 18.2 Å². The van der Waals surface area contributed by atoms with Gasteiger partial charge in [0.15, 0.2) is 0 Å². The summed E-state index contributed by atoms with van der Waals surface area (Å²) in [5, 5.41) is 13.4. The van der Waals surface area contributed by atoms with Gasteiger partial charge >= 0.3 is 12.1 Å². The minimum absolute atomic E-state index is 0.0704. The van der Waals surface area contributed by atoms with E-state index >= 15 is 0 Å². The van der Waals surface area contributed by atoms with Gasteiger partial charge < -0.3 is 15.2 Å². The van der Waals surface area contributed by atoms with Crippen molar-refractivity contribution in [3.63, 3.8) is 0 Å². The van der Waals surface area contributed by atoms with Gasteiger partial charge in [-0.25, -0.2) is 4.79 Å². The molecule has 0 amide bonds. The highest BCUT2D eigenvalue weighted by atomic mass is 19.4. The zero-order chi connectivity index (χ0) is 23.0. The molecule has 2 aromatic carbocycles. The SMILES string of the molecule is COC(=O)/C=C(\C)c1ccc(CC[C@H](C)NC[C@@H](O)c2cccc(C(F)(F)F)c2)cc1. The molecular weight excluding hydrogens is 407 g/mol. The number of alkyl halides is 3. The molecule has 4 nitrogen and oxygen atoms in total. The maximum Gasteiger partial charge on any atom is 0.416 e. The summed E-state index contributed by atoms with van der Waals surface area (Å²) < 4.78 is 43.1. The van der Waals surface area contributed by atoms with Crippen LogP contribution in [0.1, 0.15) is 48.6 Å². The zero-order valence-electron chi connectivity index (χ0n) is 17.9. The van der Waals surface area contributed by atoms with Crippen LogP contribution in [0.2, 0.25) is 0 Å². The minimum Gasteiger partial charge on any atom is -0.466 e. The lowest BCUT2D eigenvalue weighted by Crippen LogP contribution is -2.30. The van der Waals surface area contributed by atoms with Crippen molar-refractivity contribution >= 4 is 11.5 Å². The topological polar surface area (TPSA) is 58.6 Å². The Bertz CT molecular complexity index is 892. The maximum absolute atomic E-state index is 12.8. The minimum atomic E-state index is -4.43. The average Bonchev–Trinajstić information content (AvgIpc) is 2.75. The summed E-state index contributed by atoms with van der Waals surface area (Å²) in [5.41, 5.74) is 2.35. The van der Waals surface area contributed by atoms with Gasteiger partial charge in [0.2, 0.25) is 0 Å². The first-order valence-corrected chi connectivity index (χ1v) is 10.0. The standard InChI is InChI=1S/C24H28F3NO3/c1-16(13-23(30)31-3)19-11-9-18(10-12-19)8-7-17(2)28-15-22(29)20-5-4-6-21(14-20)24(25,26)27/h4-6,9-14,17,22,28-29H,7-8,15H2,1-3H3/b16-13+/t17-,22+/m0/s1. The molecule has 2 aromatic rings. The number of aryl methyl sites for hydroxylation is 1. The van der Waals surface area contributed by atoms with E-state index in [1.54, 1.807) is 0 Å². The number of methoxy groups -OCH3 is 1. The molecule has 0 heterocycles. The van der Waals surface area contributed by atoms with Crippen molar-refractivity contribution in [1.82, 2.24) is 5.32 Å². The fourth-order valence-corrected chi connectivity index (χ4v) is 3.09. The lowest BCUT2D eigenvalue weighted by Gasteiger charge is -2.18. The maximum atomic E-state index is 12.8. The van der Waals surface area contributed by atoms with E-state index in [1.807, 2.05) is 38.1 Å². The van der Waals surface area contributed by atoms with Crippen LogP contribution >= 0.6 is 0 Å². The summed E-state index contributed by atoms with van der Waals surface area (Å²) in [7, 11) is 1.34. The van der Waals surface area contributed by atoms with Gasteiger partial charge in [0.1, 0.15) is 0 Å². The molecule has 0 aliphatic heterocycles. The summed E-state index contributed by atoms with van der Waals surface area (Å²) in [5.74, 6) is -0.395. The number of benzene rings is 2. The van der Waals surface area contributed by atoms with Gasteiger partial charge in [0.25, 0.3) is 0 Å². The Hall–Kier alpha value is -2.64. The summed E-state index contributed by atoms with van der Waals surface area (Å²) in [6.07, 6.45) is -2.41. The fourth-order valence-electron chi connectivity index (χ4n) is 3.09. The highest BCUT2D eigenvalue weighted by molar-refractivity contribution is 5.90. The molecule has 2 rings (SSSR count). The molecule has 0 radical (unpaired) electrons. The Morgan fingerprint density at radius 3 is 2.48 bits per heavy atom. The monoisotopic (exact) mass is 435 g/mol. The van der Waals surface area contributed by atoms with Gasteiger partial charge in [-0.15, -0.1) is 0 Å². The Kier molecular flexibility index (Phi) is 8.83. The van der Waals surface area contributed by atoms with E-state index < -0.39 is 23.8 Å². The van der Waals surface area contributed by atoms with Crippen LogP contribution in [0.25, 0.3) is 5.57 Å². The van der Waals surface area contributed by atoms with Crippen LogP contribution in [-0.2, 0) is 22.1 Å². The third-order valence-corrected chi connectivity index (χ3v) is 5.07. The van der Waals surface area contributed by atoms with Gasteiger partial charge in [-0.1, -0.05) is 36.4 Å². The quantitative estimate of drug-likeness (QED) is 0.433. The van der Waals surface area contributed by atoms with E-state index in [1.165, 1.54) is 25.3 Å². The second-order valence-corrected chi connectivity index (χ2v) is 7.53. The van der Waals surface area contributed by atoms with Crippen LogP contribution in [0.3, 0.4) is 0 Å². The van der Waals surface area contributed by atoms with Gasteiger partial charge in [0, 0.05) is 18.7 Å². The Morgan fingerprint density at radius 1 is 1.19 bits per heavy atom. The highest BCUT2D eigenvalue weighted by Gasteiger charge is 2.30. The van der Waals surface area contributed by atoms with Crippen LogP contribution in [0, 0.1) is 0 Å². The molecule has 0 spiro atoms. The number of aliphatic hydroxyl groups excluding tert-OH is 1. The van der Waals surface area contributed by atoms with E-state index in [9.17, 15) is 23.1 Å². The molecule has 0 saturated carbocycles. The van der Waals surface area contributed by atoms with Crippen LogP contribution in [-0.4, -0.2) is 30.8 Å². The lowest BCUT2D eigenvalue weighted by atomic mass is 10.0. The number of nitrogens with one attached hydrogen (secondary N) is 1. The average molecular weight is 435 g/mol. The van der Waals surface area contributed by atoms with E-state index in [2.05, 4.69) is 10.1 Å². The number of halogens is 3. The number of rotatable bonds is 9. The van der Waals surface area contributed by atoms with Gasteiger partial charge in [0.05, 0.1) is 18.8 Å². The molecule has 0 bridgehead atoms. The molecule has 0 unspecified atom stereocenters. The third kappa shape index (κ3) is 7.84. The predicted octanol–water partition coefficient (Wildman–Crippen LogP) is 4.93. The highest BCUT2D eigenvalue weighted by Crippen LogP contribution is 2.30. The first-order valence-electron chi connectivity index (χ1n) is 10.0. The Labute approximate surface area is 180 Å². The van der Waals surface area contributed by atoms with Crippen molar-refractivity contribution in [3.05, 3.63) is 76.9 Å². The van der Waals surface area contributed by atoms with Gasteiger partial charge in [-0.2, -0.15) is 13.2 Å². The molecule has 0 aliphatic carbocycles. The molecule has 2 N–H and O–H groups in total. The fraction of sp³-hybridized carbons (Fsp3) is 0.375. The first-order chi connectivity index (χ1) is 14.6. The first kappa shape index (κ1) is 24.6. The number of esters is 1. The molecule has 2 atom stereocenters. The zero-order valence-corrected chi connectivity index (χ0v) is 17.9. The summed E-state index contributed by atoms with van der Waals surface area (Å²) in [4.78, 5) is 11.3. The molecule has 168 valence electrons. The molecule has 0 fully saturated rings. The number of aliphatic hydroxyl groups is 1. The summed E-state index contributed by atoms with van der Waals surface area (Å²) in [6.45, 7) is 3.98. The molecular formula is C24H28F3NO3. The van der Waals surface area contributed by atoms with E-state index in [0.29, 0.717) is 0 Å². The van der Waals surface area contributed by atoms with Gasteiger partial charge in [-0.3, -0.25) is 0 Å². The van der Waals surface area contributed by atoms with Crippen molar-refractivity contribution in [2.75, 3.05) is 13.7 Å². The number of carbonyl (C=O) groups excluding carboxylic acids is 1. The smallest absolute Gasteiger partial charge is 0.416 e. The Balaban J connectivity index is 1.84. The molecule has 0 aromatic heterocycles. The molecule has 7 heteroatoms. The largest absolute Gasteiger partial charge is 0.466 e. The third-order valence-electron chi connectivity index (χ3n) is 5.07. The number of hydrogen-bond donors (Lipinski definition) is 2. The van der Waals surface area contributed by atoms with Crippen LogP contribution in [0.5, 0.6) is 0 Å². The number of carbonyl (C=O) groups is 1. The van der Waals surface area contributed by atoms with Gasteiger partial charge in [-0.05, 0) is 61.1 Å². The van der Waals surface area contributed by atoms with Crippen molar-refractivity contribution in [2.45, 2.75) is 45.0 Å². The molecule has 0 aliphatic rings. The summed E-state index contributed by atoms with van der Waals surface area (Å²) >= 11 is 0. The van der Waals surface area contributed by atoms with E-state index in [4.69, 9.17) is 0 Å². The number of hydrogen-bond acceptors (Lipinski definition) is 4. The van der Waals surface area contributed by atoms with E-state index in [0.717, 1.165) is 41.7 Å². The lowest BCUT2D eigenvalue weighted by molar-refractivity contribution is -0.137. The number of allylic oxidation sites excluding steroid dienone is 1. The Morgan fingerprint density at radius 2 is 1.87 bits per heavy atom. The van der Waals surface area contributed by atoms with Crippen molar-refractivity contribution in [2.24, 2.45) is 0 Å². The van der Waals surface area contributed by atoms with Crippen LogP contribution in [0.4, 0.5) is 13.2 Å².